The van der Waals surface area contributed by atoms with E-state index in [1.807, 2.05) is 55.5 Å². The van der Waals surface area contributed by atoms with E-state index in [2.05, 4.69) is 10.9 Å². The van der Waals surface area contributed by atoms with Crippen LogP contribution in [0.1, 0.15) is 23.1 Å². The third-order valence-electron chi connectivity index (χ3n) is 4.12. The van der Waals surface area contributed by atoms with Crippen LogP contribution in [-0.4, -0.2) is 53.0 Å². The molecule has 2 aromatic carbocycles. The van der Waals surface area contributed by atoms with E-state index in [1.54, 1.807) is 21.2 Å². The highest BCUT2D eigenvalue weighted by molar-refractivity contribution is 7.80. The van der Waals surface area contributed by atoms with Crippen molar-refractivity contribution in [3.8, 4) is 5.75 Å². The van der Waals surface area contributed by atoms with Crippen molar-refractivity contribution in [2.24, 2.45) is 0 Å². The van der Waals surface area contributed by atoms with Crippen LogP contribution in [0.25, 0.3) is 0 Å². The van der Waals surface area contributed by atoms with Crippen molar-refractivity contribution < 1.29 is 14.3 Å². The minimum atomic E-state index is -0.511. The van der Waals surface area contributed by atoms with Gasteiger partial charge in [0.1, 0.15) is 22.1 Å². The first-order valence-electron chi connectivity index (χ1n) is 9.07. The van der Waals surface area contributed by atoms with Gasteiger partial charge < -0.3 is 4.74 Å². The molecule has 0 bridgehead atoms. The summed E-state index contributed by atoms with van der Waals surface area (Å²) >= 11 is 10.8. The molecule has 158 valence electrons. The molecule has 2 amide bonds. The Morgan fingerprint density at radius 3 is 2.07 bits per heavy atom. The molecular formula is C21H24N4O3S2. The van der Waals surface area contributed by atoms with Gasteiger partial charge in [-0.1, -0.05) is 66.4 Å². The number of ether oxygens (including phenoxy) is 1. The maximum atomic E-state index is 12.3. The van der Waals surface area contributed by atoms with E-state index in [1.165, 1.54) is 10.0 Å². The highest BCUT2D eigenvalue weighted by atomic mass is 32.1. The van der Waals surface area contributed by atoms with Crippen LogP contribution in [0.3, 0.4) is 0 Å². The number of hydrogen-bond donors (Lipinski definition) is 2. The van der Waals surface area contributed by atoms with Crippen LogP contribution in [0.2, 0.25) is 0 Å². The molecule has 2 rings (SSSR count). The average molecular weight is 445 g/mol. The number of thiocarbonyl (C=S) groups is 2. The van der Waals surface area contributed by atoms with Gasteiger partial charge in [0, 0.05) is 19.7 Å². The maximum Gasteiger partial charge on any atom is 0.248 e. The van der Waals surface area contributed by atoms with E-state index in [-0.39, 0.29) is 6.42 Å². The quantitative estimate of drug-likeness (QED) is 0.417. The van der Waals surface area contributed by atoms with Crippen LogP contribution in [0.5, 0.6) is 5.75 Å². The number of methoxy groups -OCH3 is 1. The first kappa shape index (κ1) is 23.2. The van der Waals surface area contributed by atoms with Crippen molar-refractivity contribution in [2.75, 3.05) is 21.2 Å². The Labute approximate surface area is 186 Å². The van der Waals surface area contributed by atoms with E-state index in [0.717, 1.165) is 11.1 Å². The first-order valence-corrected chi connectivity index (χ1v) is 9.89. The van der Waals surface area contributed by atoms with E-state index < -0.39 is 11.8 Å². The summed E-state index contributed by atoms with van der Waals surface area (Å²) in [6.45, 7) is 1.94. The Balaban J connectivity index is 1.91. The lowest BCUT2D eigenvalue weighted by Gasteiger charge is -2.23. The molecule has 0 heterocycles. The second-order valence-corrected chi connectivity index (χ2v) is 7.32. The predicted octanol–water partition coefficient (Wildman–Crippen LogP) is 2.37. The smallest absolute Gasteiger partial charge is 0.248 e. The van der Waals surface area contributed by atoms with Gasteiger partial charge in [-0.3, -0.25) is 30.5 Å². The molecule has 30 heavy (non-hydrogen) atoms. The van der Waals surface area contributed by atoms with Gasteiger partial charge in [-0.25, -0.2) is 0 Å². The minimum absolute atomic E-state index is 0.367. The van der Waals surface area contributed by atoms with E-state index in [4.69, 9.17) is 29.2 Å². The fraction of sp³-hybridized carbons (Fsp3) is 0.238. The Kier molecular flexibility index (Phi) is 8.25. The second-order valence-electron chi connectivity index (χ2n) is 6.54. The number of nitrogens with one attached hydrogen (secondary N) is 2. The normalized spacial score (nSPS) is 10.0. The lowest BCUT2D eigenvalue weighted by Crippen LogP contribution is -2.47. The van der Waals surface area contributed by atoms with Gasteiger partial charge >= 0.3 is 0 Å². The highest BCUT2D eigenvalue weighted by Gasteiger charge is 2.18. The summed E-state index contributed by atoms with van der Waals surface area (Å²) in [6, 6.07) is 14.9. The van der Waals surface area contributed by atoms with Crippen molar-refractivity contribution in [1.29, 1.82) is 0 Å². The third-order valence-corrected chi connectivity index (χ3v) is 5.12. The molecule has 0 saturated carbocycles. The molecule has 0 aliphatic carbocycles. The second kappa shape index (κ2) is 10.7. The number of hydrogen-bond acceptors (Lipinski definition) is 5. The number of rotatable bonds is 5. The Morgan fingerprint density at radius 1 is 0.933 bits per heavy atom. The Bertz CT molecular complexity index is 951. The van der Waals surface area contributed by atoms with Gasteiger partial charge in [0.05, 0.1) is 12.7 Å². The number of carbonyl (C=O) groups is 2. The molecule has 0 aliphatic rings. The minimum Gasteiger partial charge on any atom is -0.496 e. The number of benzene rings is 2. The Hall–Kier alpha value is -3.04. The van der Waals surface area contributed by atoms with Gasteiger partial charge in [-0.05, 0) is 19.1 Å². The van der Waals surface area contributed by atoms with E-state index in [0.29, 0.717) is 21.3 Å². The summed E-state index contributed by atoms with van der Waals surface area (Å²) in [5.41, 5.74) is 7.66. The highest BCUT2D eigenvalue weighted by Crippen LogP contribution is 2.21. The van der Waals surface area contributed by atoms with Gasteiger partial charge in [0.25, 0.3) is 0 Å². The number of amides is 2. The predicted molar refractivity (Wildman–Crippen MR) is 124 cm³/mol. The molecule has 0 unspecified atom stereocenters. The lowest BCUT2D eigenvalue weighted by molar-refractivity contribution is -0.132. The summed E-state index contributed by atoms with van der Waals surface area (Å²) in [7, 11) is 4.78. The van der Waals surface area contributed by atoms with Gasteiger partial charge in [0.2, 0.25) is 11.8 Å². The van der Waals surface area contributed by atoms with E-state index in [9.17, 15) is 9.59 Å². The standard InChI is InChI=1S/C21H24N4O3S2/c1-14-10-11-17(28-4)16(12-14)21(30)25(3)23-19(27)13-18(26)22-24(2)20(29)15-8-6-5-7-9-15/h5-12H,13H2,1-4H3,(H,22,26)(H,23,27). The van der Waals surface area contributed by atoms with Gasteiger partial charge in [0.15, 0.2) is 0 Å². The number of carbonyl (C=O) groups excluding carboxylic acids is 2. The lowest BCUT2D eigenvalue weighted by atomic mass is 10.1. The zero-order valence-electron chi connectivity index (χ0n) is 17.3. The molecule has 0 fully saturated rings. The van der Waals surface area contributed by atoms with Crippen LogP contribution in [0.15, 0.2) is 48.5 Å². The molecule has 0 aliphatic heterocycles. The molecule has 2 N–H and O–H groups in total. The molecule has 0 spiro atoms. The molecular weight excluding hydrogens is 420 g/mol. The van der Waals surface area contributed by atoms with Crippen molar-refractivity contribution in [3.05, 3.63) is 65.2 Å². The van der Waals surface area contributed by atoms with Crippen molar-refractivity contribution in [2.45, 2.75) is 13.3 Å². The summed E-state index contributed by atoms with van der Waals surface area (Å²) in [5.74, 6) is -0.413. The fourth-order valence-electron chi connectivity index (χ4n) is 2.64. The van der Waals surface area contributed by atoms with Crippen LogP contribution < -0.4 is 15.6 Å². The number of nitrogens with zero attached hydrogens (tertiary/aromatic N) is 2. The van der Waals surface area contributed by atoms with Crippen LogP contribution >= 0.6 is 24.4 Å². The number of aryl methyl sites for hydroxylation is 1. The zero-order valence-corrected chi connectivity index (χ0v) is 18.9. The summed E-state index contributed by atoms with van der Waals surface area (Å²) in [4.78, 5) is 25.3. The zero-order chi connectivity index (χ0) is 22.3. The van der Waals surface area contributed by atoms with Crippen LogP contribution in [0, 0.1) is 6.92 Å². The molecule has 9 heteroatoms. The average Bonchev–Trinajstić information content (AvgIpc) is 2.72. The third kappa shape index (κ3) is 6.23. The van der Waals surface area contributed by atoms with Crippen molar-refractivity contribution in [3.63, 3.8) is 0 Å². The summed E-state index contributed by atoms with van der Waals surface area (Å²) < 4.78 is 5.34. The molecule has 0 atom stereocenters. The topological polar surface area (TPSA) is 73.9 Å². The Morgan fingerprint density at radius 2 is 1.50 bits per heavy atom. The summed E-state index contributed by atoms with van der Waals surface area (Å²) in [5, 5.41) is 2.80. The van der Waals surface area contributed by atoms with Gasteiger partial charge in [-0.2, -0.15) is 0 Å². The van der Waals surface area contributed by atoms with Crippen molar-refractivity contribution >= 4 is 46.2 Å². The van der Waals surface area contributed by atoms with Crippen molar-refractivity contribution in [1.82, 2.24) is 20.9 Å². The molecule has 0 saturated heterocycles. The fourth-order valence-corrected chi connectivity index (χ4v) is 3.03. The molecule has 0 aromatic heterocycles. The summed E-state index contributed by atoms with van der Waals surface area (Å²) in [6.07, 6.45) is -0.389. The molecule has 0 radical (unpaired) electrons. The molecule has 2 aromatic rings. The molecule has 7 nitrogen and oxygen atoms in total. The van der Waals surface area contributed by atoms with Crippen LogP contribution in [-0.2, 0) is 9.59 Å². The van der Waals surface area contributed by atoms with E-state index >= 15 is 0 Å². The number of hydrazine groups is 2. The maximum absolute atomic E-state index is 12.3. The van der Waals surface area contributed by atoms with Crippen LogP contribution in [0.4, 0.5) is 0 Å². The SMILES string of the molecule is COc1ccc(C)cc1C(=S)N(C)NC(=O)CC(=O)NN(C)C(=S)c1ccccc1. The first-order chi connectivity index (χ1) is 14.2. The monoisotopic (exact) mass is 444 g/mol. The largest absolute Gasteiger partial charge is 0.496 e. The van der Waals surface area contributed by atoms with Gasteiger partial charge in [-0.15, -0.1) is 0 Å².